The predicted octanol–water partition coefficient (Wildman–Crippen LogP) is 3.31. The molecule has 0 aromatic heterocycles. The summed E-state index contributed by atoms with van der Waals surface area (Å²) in [6, 6.07) is 4.24. The average Bonchev–Trinajstić information content (AvgIpc) is 2.35. The first-order valence-electron chi connectivity index (χ1n) is 6.25. The van der Waals surface area contributed by atoms with E-state index in [1.54, 1.807) is 7.11 Å². The van der Waals surface area contributed by atoms with Crippen LogP contribution in [0.4, 0.5) is 0 Å². The summed E-state index contributed by atoms with van der Waals surface area (Å²) in [6.45, 7) is 4.48. The first-order valence-corrected chi connectivity index (χ1v) is 7.04. The van der Waals surface area contributed by atoms with Crippen molar-refractivity contribution < 1.29 is 4.74 Å². The van der Waals surface area contributed by atoms with E-state index in [1.807, 2.05) is 0 Å². The lowest BCUT2D eigenvalue weighted by atomic mass is 9.89. The zero-order chi connectivity index (χ0) is 12.3. The standard InChI is InChI=1S/C14H20BrNO/c1-10-3-4-13(15)14(17-2)12(10)9-11-5-7-16-8-6-11/h3-4,11,16H,5-9H2,1-2H3. The molecule has 0 radical (unpaired) electrons. The highest BCUT2D eigenvalue weighted by atomic mass is 79.9. The van der Waals surface area contributed by atoms with Crippen LogP contribution in [0.2, 0.25) is 0 Å². The molecule has 2 rings (SSSR count). The van der Waals surface area contributed by atoms with Crippen molar-refractivity contribution in [2.45, 2.75) is 26.2 Å². The molecule has 94 valence electrons. The number of hydrogen-bond acceptors (Lipinski definition) is 2. The van der Waals surface area contributed by atoms with E-state index in [1.165, 1.54) is 24.0 Å². The fourth-order valence-corrected chi connectivity index (χ4v) is 3.08. The van der Waals surface area contributed by atoms with Gasteiger partial charge in [-0.2, -0.15) is 0 Å². The first kappa shape index (κ1) is 12.9. The molecular weight excluding hydrogens is 278 g/mol. The molecular formula is C14H20BrNO. The normalized spacial score (nSPS) is 17.1. The minimum atomic E-state index is 0.790. The number of benzene rings is 1. The van der Waals surface area contributed by atoms with Gasteiger partial charge in [-0.25, -0.2) is 0 Å². The fourth-order valence-electron chi connectivity index (χ4n) is 2.55. The Morgan fingerprint density at radius 3 is 2.71 bits per heavy atom. The molecule has 2 nitrogen and oxygen atoms in total. The molecule has 0 atom stereocenters. The van der Waals surface area contributed by atoms with Crippen molar-refractivity contribution in [3.05, 3.63) is 27.7 Å². The average molecular weight is 298 g/mol. The number of halogens is 1. The Hall–Kier alpha value is -0.540. The fraction of sp³-hybridized carbons (Fsp3) is 0.571. The maximum absolute atomic E-state index is 5.54. The van der Waals surface area contributed by atoms with Crippen LogP contribution in [0.15, 0.2) is 16.6 Å². The number of methoxy groups -OCH3 is 1. The summed E-state index contributed by atoms with van der Waals surface area (Å²) in [4.78, 5) is 0. The third-order valence-electron chi connectivity index (χ3n) is 3.60. The largest absolute Gasteiger partial charge is 0.495 e. The van der Waals surface area contributed by atoms with Crippen LogP contribution in [0.3, 0.4) is 0 Å². The Bertz CT molecular complexity index is 386. The minimum Gasteiger partial charge on any atom is -0.495 e. The molecule has 1 aromatic carbocycles. The summed E-state index contributed by atoms with van der Waals surface area (Å²) in [5.74, 6) is 1.81. The van der Waals surface area contributed by atoms with Gasteiger partial charge in [-0.1, -0.05) is 6.07 Å². The molecule has 0 amide bonds. The molecule has 1 saturated heterocycles. The van der Waals surface area contributed by atoms with Gasteiger partial charge in [-0.15, -0.1) is 0 Å². The molecule has 1 fully saturated rings. The zero-order valence-corrected chi connectivity index (χ0v) is 12.1. The smallest absolute Gasteiger partial charge is 0.136 e. The summed E-state index contributed by atoms with van der Waals surface area (Å²) in [6.07, 6.45) is 3.68. The molecule has 1 aliphatic rings. The van der Waals surface area contributed by atoms with Crippen LogP contribution in [-0.4, -0.2) is 20.2 Å². The van der Waals surface area contributed by atoms with Crippen LogP contribution in [0, 0.1) is 12.8 Å². The van der Waals surface area contributed by atoms with Crippen LogP contribution in [0.1, 0.15) is 24.0 Å². The quantitative estimate of drug-likeness (QED) is 0.924. The highest BCUT2D eigenvalue weighted by molar-refractivity contribution is 9.10. The van der Waals surface area contributed by atoms with Crippen LogP contribution >= 0.6 is 15.9 Å². The molecule has 17 heavy (non-hydrogen) atoms. The summed E-state index contributed by atoms with van der Waals surface area (Å²) < 4.78 is 6.60. The van der Waals surface area contributed by atoms with E-state index < -0.39 is 0 Å². The van der Waals surface area contributed by atoms with E-state index in [0.29, 0.717) is 0 Å². The Kier molecular flexibility index (Phi) is 4.46. The van der Waals surface area contributed by atoms with Gasteiger partial charge < -0.3 is 10.1 Å². The lowest BCUT2D eigenvalue weighted by Crippen LogP contribution is -2.28. The van der Waals surface area contributed by atoms with Crippen molar-refractivity contribution in [2.24, 2.45) is 5.92 Å². The Morgan fingerprint density at radius 1 is 1.35 bits per heavy atom. The third kappa shape index (κ3) is 3.02. The van der Waals surface area contributed by atoms with Crippen LogP contribution in [-0.2, 0) is 6.42 Å². The van der Waals surface area contributed by atoms with E-state index in [-0.39, 0.29) is 0 Å². The third-order valence-corrected chi connectivity index (χ3v) is 4.23. The molecule has 0 saturated carbocycles. The van der Waals surface area contributed by atoms with E-state index in [2.05, 4.69) is 40.3 Å². The minimum absolute atomic E-state index is 0.790. The molecule has 0 spiro atoms. The van der Waals surface area contributed by atoms with E-state index in [9.17, 15) is 0 Å². The van der Waals surface area contributed by atoms with Gasteiger partial charge in [0, 0.05) is 0 Å². The van der Waals surface area contributed by atoms with E-state index in [0.717, 1.165) is 35.7 Å². The van der Waals surface area contributed by atoms with Crippen molar-refractivity contribution in [3.8, 4) is 5.75 Å². The second-order valence-electron chi connectivity index (χ2n) is 4.77. The molecule has 1 aromatic rings. The number of ether oxygens (including phenoxy) is 1. The lowest BCUT2D eigenvalue weighted by Gasteiger charge is -2.24. The van der Waals surface area contributed by atoms with E-state index in [4.69, 9.17) is 4.74 Å². The van der Waals surface area contributed by atoms with Crippen molar-refractivity contribution in [2.75, 3.05) is 20.2 Å². The van der Waals surface area contributed by atoms with Gasteiger partial charge in [0.1, 0.15) is 5.75 Å². The summed E-state index contributed by atoms with van der Waals surface area (Å²) in [5.41, 5.74) is 2.71. The summed E-state index contributed by atoms with van der Waals surface area (Å²) in [7, 11) is 1.76. The highest BCUT2D eigenvalue weighted by Gasteiger charge is 2.18. The number of hydrogen-bond donors (Lipinski definition) is 1. The Balaban J connectivity index is 2.21. The van der Waals surface area contributed by atoms with Gasteiger partial charge in [-0.3, -0.25) is 0 Å². The van der Waals surface area contributed by atoms with Gasteiger partial charge in [-0.05, 0) is 78.3 Å². The molecule has 0 bridgehead atoms. The van der Waals surface area contributed by atoms with E-state index >= 15 is 0 Å². The first-order chi connectivity index (χ1) is 8.22. The molecule has 3 heteroatoms. The molecule has 0 unspecified atom stereocenters. The van der Waals surface area contributed by atoms with Gasteiger partial charge in [0.05, 0.1) is 11.6 Å². The molecule has 1 N–H and O–H groups in total. The topological polar surface area (TPSA) is 21.3 Å². The second kappa shape index (κ2) is 5.87. The number of rotatable bonds is 3. The van der Waals surface area contributed by atoms with Gasteiger partial charge in [0.25, 0.3) is 0 Å². The Labute approximate surface area is 112 Å². The van der Waals surface area contributed by atoms with Crippen molar-refractivity contribution in [1.82, 2.24) is 5.32 Å². The summed E-state index contributed by atoms with van der Waals surface area (Å²) >= 11 is 3.57. The molecule has 1 heterocycles. The summed E-state index contributed by atoms with van der Waals surface area (Å²) in [5, 5.41) is 3.41. The number of aryl methyl sites for hydroxylation is 1. The zero-order valence-electron chi connectivity index (χ0n) is 10.6. The Morgan fingerprint density at radius 2 is 2.06 bits per heavy atom. The SMILES string of the molecule is COc1c(Br)ccc(C)c1CC1CCNCC1. The number of nitrogens with one attached hydrogen (secondary N) is 1. The van der Waals surface area contributed by atoms with Crippen LogP contribution < -0.4 is 10.1 Å². The monoisotopic (exact) mass is 297 g/mol. The second-order valence-corrected chi connectivity index (χ2v) is 5.63. The van der Waals surface area contributed by atoms with Gasteiger partial charge >= 0.3 is 0 Å². The predicted molar refractivity (Wildman–Crippen MR) is 74.7 cm³/mol. The maximum atomic E-state index is 5.54. The van der Waals surface area contributed by atoms with Gasteiger partial charge in [0.2, 0.25) is 0 Å². The maximum Gasteiger partial charge on any atom is 0.136 e. The van der Waals surface area contributed by atoms with Crippen LogP contribution in [0.5, 0.6) is 5.75 Å². The number of piperidine rings is 1. The molecule has 1 aliphatic heterocycles. The van der Waals surface area contributed by atoms with Crippen molar-refractivity contribution in [1.29, 1.82) is 0 Å². The van der Waals surface area contributed by atoms with Crippen molar-refractivity contribution >= 4 is 15.9 Å². The molecule has 0 aliphatic carbocycles. The van der Waals surface area contributed by atoms with Crippen LogP contribution in [0.25, 0.3) is 0 Å². The lowest BCUT2D eigenvalue weighted by molar-refractivity contribution is 0.360. The van der Waals surface area contributed by atoms with Crippen molar-refractivity contribution in [3.63, 3.8) is 0 Å². The highest BCUT2D eigenvalue weighted by Crippen LogP contribution is 2.34. The van der Waals surface area contributed by atoms with Gasteiger partial charge in [0.15, 0.2) is 0 Å².